The molecule has 1 amide bonds. The molecule has 5 nitrogen and oxygen atoms in total. The number of benzene rings is 2. The summed E-state index contributed by atoms with van der Waals surface area (Å²) in [5.41, 5.74) is 5.52. The number of ether oxygens (including phenoxy) is 2. The standard InChI is InChI=1S/C30H34N2O3/c33-30(12-8-22-7-11-28-29(18-22)35-21-34-28)32-15-3-4-23(20-32)19-31-16-13-25(14-17-31)27-10-9-24-5-1-2-6-26(24)27/h1-2,5-8,10-12,18,23,25H,3-4,9,13-17,19-21H2/b12-8+/t23-/m0/s1. The van der Waals surface area contributed by atoms with Crippen molar-refractivity contribution < 1.29 is 14.3 Å². The topological polar surface area (TPSA) is 42.0 Å². The zero-order valence-corrected chi connectivity index (χ0v) is 20.3. The maximum absolute atomic E-state index is 12.9. The molecule has 0 aromatic heterocycles. The van der Waals surface area contributed by atoms with Crippen LogP contribution >= 0.6 is 0 Å². The quantitative estimate of drug-likeness (QED) is 0.576. The van der Waals surface area contributed by atoms with E-state index in [0.717, 1.165) is 49.5 Å². The van der Waals surface area contributed by atoms with Crippen molar-refractivity contribution in [1.29, 1.82) is 0 Å². The molecule has 1 aliphatic carbocycles. The molecule has 0 unspecified atom stereocenters. The lowest BCUT2D eigenvalue weighted by Gasteiger charge is -2.38. The molecule has 0 bridgehead atoms. The van der Waals surface area contributed by atoms with E-state index in [1.807, 2.05) is 29.2 Å². The number of allylic oxidation sites excluding steroid dienone is 2. The lowest BCUT2D eigenvalue weighted by Crippen LogP contribution is -2.45. The van der Waals surface area contributed by atoms with Crippen LogP contribution in [0.5, 0.6) is 11.5 Å². The molecule has 5 heteroatoms. The van der Waals surface area contributed by atoms with E-state index in [2.05, 4.69) is 35.2 Å². The van der Waals surface area contributed by atoms with Crippen molar-refractivity contribution >= 4 is 17.6 Å². The van der Waals surface area contributed by atoms with Crippen molar-refractivity contribution in [3.05, 3.63) is 71.3 Å². The molecule has 35 heavy (non-hydrogen) atoms. The van der Waals surface area contributed by atoms with Crippen molar-refractivity contribution in [1.82, 2.24) is 9.80 Å². The lowest BCUT2D eigenvalue weighted by atomic mass is 9.85. The van der Waals surface area contributed by atoms with Crippen LogP contribution in [0.25, 0.3) is 11.6 Å². The molecule has 2 aromatic carbocycles. The first kappa shape index (κ1) is 22.4. The molecule has 0 spiro atoms. The minimum atomic E-state index is 0.109. The van der Waals surface area contributed by atoms with Gasteiger partial charge in [0.15, 0.2) is 11.5 Å². The molecule has 0 radical (unpaired) electrons. The molecule has 3 heterocycles. The van der Waals surface area contributed by atoms with Gasteiger partial charge in [0.25, 0.3) is 0 Å². The van der Waals surface area contributed by atoms with Crippen LogP contribution in [0.15, 0.2) is 54.6 Å². The van der Waals surface area contributed by atoms with Crippen molar-refractivity contribution in [3.8, 4) is 11.5 Å². The third-order valence-corrected chi connectivity index (χ3v) is 8.06. The van der Waals surface area contributed by atoms with Gasteiger partial charge in [-0.25, -0.2) is 0 Å². The second kappa shape index (κ2) is 9.90. The van der Waals surface area contributed by atoms with E-state index in [4.69, 9.17) is 9.47 Å². The van der Waals surface area contributed by atoms with Crippen LogP contribution in [0, 0.1) is 11.8 Å². The summed E-state index contributed by atoms with van der Waals surface area (Å²) < 4.78 is 10.8. The molecule has 2 saturated heterocycles. The smallest absolute Gasteiger partial charge is 0.246 e. The van der Waals surface area contributed by atoms with Gasteiger partial charge in [-0.15, -0.1) is 0 Å². The molecule has 2 aromatic rings. The summed E-state index contributed by atoms with van der Waals surface area (Å²) in [5.74, 6) is 2.88. The number of nitrogens with zero attached hydrogens (tertiary/aromatic N) is 2. The predicted octanol–water partition coefficient (Wildman–Crippen LogP) is 5.02. The first-order valence-corrected chi connectivity index (χ1v) is 13.1. The zero-order chi connectivity index (χ0) is 23.6. The summed E-state index contributed by atoms with van der Waals surface area (Å²) in [6.07, 6.45) is 11.9. The highest BCUT2D eigenvalue weighted by Crippen LogP contribution is 2.38. The molecular formula is C30H34N2O3. The van der Waals surface area contributed by atoms with Crippen LogP contribution in [0.3, 0.4) is 0 Å². The van der Waals surface area contributed by atoms with Crippen LogP contribution in [-0.2, 0) is 11.2 Å². The minimum Gasteiger partial charge on any atom is -0.454 e. The highest BCUT2D eigenvalue weighted by atomic mass is 16.7. The molecule has 182 valence electrons. The van der Waals surface area contributed by atoms with E-state index < -0.39 is 0 Å². The van der Waals surface area contributed by atoms with Crippen LogP contribution in [0.1, 0.15) is 42.4 Å². The van der Waals surface area contributed by atoms with Crippen molar-refractivity contribution in [2.45, 2.75) is 32.1 Å². The fraction of sp³-hybridized carbons (Fsp3) is 0.433. The molecule has 6 rings (SSSR count). The number of piperidine rings is 2. The van der Waals surface area contributed by atoms with Gasteiger partial charge >= 0.3 is 0 Å². The summed E-state index contributed by atoms with van der Waals surface area (Å²) in [6.45, 7) is 5.43. The van der Waals surface area contributed by atoms with E-state index in [-0.39, 0.29) is 12.7 Å². The summed E-state index contributed by atoms with van der Waals surface area (Å²) in [5, 5.41) is 0. The van der Waals surface area contributed by atoms with Gasteiger partial charge in [0, 0.05) is 25.7 Å². The van der Waals surface area contributed by atoms with Gasteiger partial charge in [-0.1, -0.05) is 36.4 Å². The number of hydrogen-bond acceptors (Lipinski definition) is 4. The van der Waals surface area contributed by atoms with E-state index in [1.54, 1.807) is 11.6 Å². The third kappa shape index (κ3) is 4.87. The average Bonchev–Trinajstić information content (AvgIpc) is 3.55. The molecule has 2 fully saturated rings. The molecule has 1 atom stereocenters. The fourth-order valence-corrected chi connectivity index (χ4v) is 6.19. The number of fused-ring (bicyclic) bond motifs is 2. The SMILES string of the molecule is O=C(/C=C/c1ccc2c(c1)OCO2)N1CCC[C@@H](CN2CCC(C3=CCc4ccccc43)CC2)C1. The van der Waals surface area contributed by atoms with Gasteiger partial charge in [-0.3, -0.25) is 4.79 Å². The fourth-order valence-electron chi connectivity index (χ4n) is 6.19. The van der Waals surface area contributed by atoms with Crippen LogP contribution < -0.4 is 9.47 Å². The summed E-state index contributed by atoms with van der Waals surface area (Å²) in [6, 6.07) is 14.7. The highest BCUT2D eigenvalue weighted by molar-refractivity contribution is 5.92. The number of likely N-dealkylation sites (tertiary alicyclic amines) is 2. The van der Waals surface area contributed by atoms with E-state index in [0.29, 0.717) is 11.8 Å². The second-order valence-corrected chi connectivity index (χ2v) is 10.3. The van der Waals surface area contributed by atoms with E-state index in [1.165, 1.54) is 43.5 Å². The van der Waals surface area contributed by atoms with E-state index >= 15 is 0 Å². The molecule has 0 N–H and O–H groups in total. The minimum absolute atomic E-state index is 0.109. The number of carbonyl (C=O) groups is 1. The summed E-state index contributed by atoms with van der Waals surface area (Å²) in [7, 11) is 0. The van der Waals surface area contributed by atoms with Crippen LogP contribution in [0.2, 0.25) is 0 Å². The van der Waals surface area contributed by atoms with Gasteiger partial charge in [-0.2, -0.15) is 0 Å². The average molecular weight is 471 g/mol. The van der Waals surface area contributed by atoms with E-state index in [9.17, 15) is 4.79 Å². The van der Waals surface area contributed by atoms with Gasteiger partial charge in [0.2, 0.25) is 12.7 Å². The van der Waals surface area contributed by atoms with Gasteiger partial charge < -0.3 is 19.3 Å². The second-order valence-electron chi connectivity index (χ2n) is 10.3. The predicted molar refractivity (Wildman–Crippen MR) is 138 cm³/mol. The van der Waals surface area contributed by atoms with Gasteiger partial charge in [0.1, 0.15) is 0 Å². The maximum Gasteiger partial charge on any atom is 0.246 e. The third-order valence-electron chi connectivity index (χ3n) is 8.06. The summed E-state index contributed by atoms with van der Waals surface area (Å²) in [4.78, 5) is 17.6. The Morgan fingerprint density at radius 3 is 2.77 bits per heavy atom. The Morgan fingerprint density at radius 2 is 1.86 bits per heavy atom. The van der Waals surface area contributed by atoms with Gasteiger partial charge in [-0.05, 0) is 97.5 Å². The Bertz CT molecular complexity index is 1150. The number of amides is 1. The lowest BCUT2D eigenvalue weighted by molar-refractivity contribution is -0.127. The van der Waals surface area contributed by atoms with Crippen molar-refractivity contribution in [2.75, 3.05) is 39.5 Å². The van der Waals surface area contributed by atoms with Gasteiger partial charge in [0.05, 0.1) is 0 Å². The maximum atomic E-state index is 12.9. The van der Waals surface area contributed by atoms with Crippen molar-refractivity contribution in [2.24, 2.45) is 11.8 Å². The first-order chi connectivity index (χ1) is 17.2. The Hall–Kier alpha value is -3.05. The van der Waals surface area contributed by atoms with Crippen molar-refractivity contribution in [3.63, 3.8) is 0 Å². The molecule has 3 aliphatic heterocycles. The van der Waals surface area contributed by atoms with Crippen LogP contribution in [-0.4, -0.2) is 55.2 Å². The number of carbonyl (C=O) groups excluding carboxylic acids is 1. The number of rotatable bonds is 5. The Balaban J connectivity index is 0.995. The Kier molecular flexibility index (Phi) is 6.34. The highest BCUT2D eigenvalue weighted by Gasteiger charge is 2.29. The molecule has 4 aliphatic rings. The largest absolute Gasteiger partial charge is 0.454 e. The Labute approximate surface area is 208 Å². The normalized spacial score (nSPS) is 22.5. The zero-order valence-electron chi connectivity index (χ0n) is 20.3. The molecule has 0 saturated carbocycles. The monoisotopic (exact) mass is 470 g/mol. The molecular weight excluding hydrogens is 436 g/mol. The Morgan fingerprint density at radius 1 is 1.00 bits per heavy atom. The van der Waals surface area contributed by atoms with Crippen LogP contribution in [0.4, 0.5) is 0 Å². The first-order valence-electron chi connectivity index (χ1n) is 13.1. The summed E-state index contributed by atoms with van der Waals surface area (Å²) >= 11 is 0. The number of hydrogen-bond donors (Lipinski definition) is 0.